The lowest BCUT2D eigenvalue weighted by Gasteiger charge is -2.09. The molecule has 0 saturated carbocycles. The summed E-state index contributed by atoms with van der Waals surface area (Å²) in [6.07, 6.45) is 4.32. The van der Waals surface area contributed by atoms with Crippen molar-refractivity contribution in [3.05, 3.63) is 96.1 Å². The van der Waals surface area contributed by atoms with E-state index in [1.807, 2.05) is 54.6 Å². The van der Waals surface area contributed by atoms with Crippen LogP contribution < -0.4 is 20.7 Å². The molecule has 2 heterocycles. The molecule has 1 atom stereocenters. The van der Waals surface area contributed by atoms with E-state index in [0.717, 1.165) is 17.1 Å². The monoisotopic (exact) mass is 375 g/mol. The largest absolute Gasteiger partial charge is 0.457 e. The molecule has 3 aromatic rings. The van der Waals surface area contributed by atoms with Crippen molar-refractivity contribution in [3.63, 3.8) is 0 Å². The zero-order valence-electron chi connectivity index (χ0n) is 14.7. The summed E-state index contributed by atoms with van der Waals surface area (Å²) in [7, 11) is 0. The van der Waals surface area contributed by atoms with Gasteiger partial charge in [0.05, 0.1) is 11.8 Å². The minimum Gasteiger partial charge on any atom is -0.457 e. The lowest BCUT2D eigenvalue weighted by molar-refractivity contribution is 0.0273. The Morgan fingerprint density at radius 3 is 2.46 bits per heavy atom. The zero-order valence-corrected chi connectivity index (χ0v) is 14.7. The van der Waals surface area contributed by atoms with E-state index in [4.69, 9.17) is 20.0 Å². The number of pyridine rings is 1. The summed E-state index contributed by atoms with van der Waals surface area (Å²) >= 11 is 0. The number of primary amides is 1. The number of carbonyl (C=O) groups excluding carboxylic acids is 1. The number of hydrogen-bond acceptors (Lipinski definition) is 6. The van der Waals surface area contributed by atoms with Gasteiger partial charge in [-0.25, -0.2) is 5.48 Å². The van der Waals surface area contributed by atoms with Crippen LogP contribution in [0, 0.1) is 0 Å². The van der Waals surface area contributed by atoms with Gasteiger partial charge in [-0.05, 0) is 35.9 Å². The van der Waals surface area contributed by atoms with E-state index in [-0.39, 0.29) is 11.7 Å². The summed E-state index contributed by atoms with van der Waals surface area (Å²) < 4.78 is 11.4. The first kappa shape index (κ1) is 17.6. The Bertz CT molecular complexity index is 1000. The normalized spacial score (nSPS) is 15.4. The highest BCUT2D eigenvalue weighted by molar-refractivity contribution is 5.92. The van der Waals surface area contributed by atoms with E-state index < -0.39 is 5.91 Å². The lowest BCUT2D eigenvalue weighted by atomic mass is 10.1. The molecule has 0 unspecified atom stereocenters. The zero-order chi connectivity index (χ0) is 19.3. The number of benzene rings is 2. The van der Waals surface area contributed by atoms with Gasteiger partial charge in [0.15, 0.2) is 0 Å². The molecule has 1 aliphatic heterocycles. The molecule has 7 heteroatoms. The lowest BCUT2D eigenvalue weighted by Crippen LogP contribution is -2.14. The predicted octanol–water partition coefficient (Wildman–Crippen LogP) is 3.47. The SMILES string of the molecule is NC(=O)c1cncc(OC2=C[C@@H](c3ccc(Oc4ccccc4)cc3)ON2)c1. The van der Waals surface area contributed by atoms with E-state index >= 15 is 0 Å². The number of hydrogen-bond donors (Lipinski definition) is 2. The molecule has 1 amide bonds. The van der Waals surface area contributed by atoms with Crippen LogP contribution in [0.5, 0.6) is 17.2 Å². The van der Waals surface area contributed by atoms with Crippen molar-refractivity contribution in [2.24, 2.45) is 5.73 Å². The summed E-state index contributed by atoms with van der Waals surface area (Å²) in [4.78, 5) is 20.7. The third-order valence-corrected chi connectivity index (χ3v) is 4.00. The Hall–Kier alpha value is -3.84. The Labute approximate surface area is 161 Å². The Morgan fingerprint density at radius 2 is 1.71 bits per heavy atom. The van der Waals surface area contributed by atoms with Crippen molar-refractivity contribution < 1.29 is 19.1 Å². The molecule has 0 aliphatic carbocycles. The molecule has 0 saturated heterocycles. The van der Waals surface area contributed by atoms with Gasteiger partial charge in [-0.1, -0.05) is 30.3 Å². The standard InChI is InChI=1S/C21H17N3O4/c22-21(25)15-10-18(13-23-12-15)27-20-11-19(28-24-20)14-6-8-17(9-7-14)26-16-4-2-1-3-5-16/h1-13,19,24H,(H2,22,25)/t19-/m0/s1. The molecule has 28 heavy (non-hydrogen) atoms. The van der Waals surface area contributed by atoms with Gasteiger partial charge < -0.3 is 15.2 Å². The van der Waals surface area contributed by atoms with Crippen molar-refractivity contribution >= 4 is 5.91 Å². The molecular formula is C21H17N3O4. The number of nitrogens with zero attached hydrogens (tertiary/aromatic N) is 1. The van der Waals surface area contributed by atoms with Gasteiger partial charge in [0, 0.05) is 12.3 Å². The topological polar surface area (TPSA) is 95.7 Å². The molecule has 1 aliphatic rings. The highest BCUT2D eigenvalue weighted by atomic mass is 16.7. The first-order valence-corrected chi connectivity index (χ1v) is 8.56. The van der Waals surface area contributed by atoms with Gasteiger partial charge >= 0.3 is 0 Å². The molecule has 7 nitrogen and oxygen atoms in total. The number of nitrogens with two attached hydrogens (primary N) is 1. The summed E-state index contributed by atoms with van der Waals surface area (Å²) in [5.74, 6) is 1.72. The number of para-hydroxylation sites is 1. The van der Waals surface area contributed by atoms with Crippen LogP contribution in [0.2, 0.25) is 0 Å². The molecule has 0 spiro atoms. The average molecular weight is 375 g/mol. The average Bonchev–Trinajstić information content (AvgIpc) is 3.18. The Morgan fingerprint density at radius 1 is 0.964 bits per heavy atom. The van der Waals surface area contributed by atoms with E-state index in [1.165, 1.54) is 18.5 Å². The second-order valence-corrected chi connectivity index (χ2v) is 6.03. The maximum atomic E-state index is 11.2. The third-order valence-electron chi connectivity index (χ3n) is 4.00. The summed E-state index contributed by atoms with van der Waals surface area (Å²) in [5, 5.41) is 0. The Balaban J connectivity index is 1.42. The molecule has 4 rings (SSSR count). The van der Waals surface area contributed by atoms with E-state index in [0.29, 0.717) is 11.6 Å². The number of hydroxylamine groups is 1. The van der Waals surface area contributed by atoms with Crippen molar-refractivity contribution in [2.45, 2.75) is 6.10 Å². The second kappa shape index (κ2) is 7.81. The summed E-state index contributed by atoms with van der Waals surface area (Å²) in [6.45, 7) is 0. The van der Waals surface area contributed by atoms with Crippen LogP contribution >= 0.6 is 0 Å². The number of carbonyl (C=O) groups is 1. The highest BCUT2D eigenvalue weighted by Crippen LogP contribution is 2.28. The molecular weight excluding hydrogens is 358 g/mol. The van der Waals surface area contributed by atoms with Gasteiger partial charge in [-0.15, -0.1) is 0 Å². The summed E-state index contributed by atoms with van der Waals surface area (Å²) in [6, 6.07) is 18.7. The molecule has 0 fully saturated rings. The molecule has 3 N–H and O–H groups in total. The number of amides is 1. The molecule has 2 aromatic carbocycles. The second-order valence-electron chi connectivity index (χ2n) is 6.03. The third kappa shape index (κ3) is 4.11. The van der Waals surface area contributed by atoms with Gasteiger partial charge in [0.25, 0.3) is 0 Å². The van der Waals surface area contributed by atoms with Crippen LogP contribution in [0.3, 0.4) is 0 Å². The molecule has 140 valence electrons. The fourth-order valence-electron chi connectivity index (χ4n) is 2.63. The van der Waals surface area contributed by atoms with Gasteiger partial charge in [0.1, 0.15) is 23.4 Å². The van der Waals surface area contributed by atoms with E-state index in [1.54, 1.807) is 6.08 Å². The summed E-state index contributed by atoms with van der Waals surface area (Å²) in [5.41, 5.74) is 9.16. The quantitative estimate of drug-likeness (QED) is 0.685. The molecule has 0 bridgehead atoms. The highest BCUT2D eigenvalue weighted by Gasteiger charge is 2.20. The van der Waals surface area contributed by atoms with Crippen molar-refractivity contribution in [1.29, 1.82) is 0 Å². The number of nitrogens with one attached hydrogen (secondary N) is 1. The number of ether oxygens (including phenoxy) is 2. The first-order chi connectivity index (χ1) is 13.7. The van der Waals surface area contributed by atoms with E-state index in [2.05, 4.69) is 10.5 Å². The molecule has 0 radical (unpaired) electrons. The van der Waals surface area contributed by atoms with Crippen LogP contribution in [-0.2, 0) is 4.84 Å². The predicted molar refractivity (Wildman–Crippen MR) is 101 cm³/mol. The minimum absolute atomic E-state index is 0.266. The van der Waals surface area contributed by atoms with Crippen molar-refractivity contribution in [2.75, 3.05) is 0 Å². The van der Waals surface area contributed by atoms with Crippen LogP contribution in [0.1, 0.15) is 22.0 Å². The first-order valence-electron chi connectivity index (χ1n) is 8.56. The fourth-order valence-corrected chi connectivity index (χ4v) is 2.63. The van der Waals surface area contributed by atoms with Crippen LogP contribution in [0.25, 0.3) is 0 Å². The van der Waals surface area contributed by atoms with Gasteiger partial charge in [0.2, 0.25) is 11.8 Å². The number of aromatic nitrogens is 1. The molecule has 1 aromatic heterocycles. The van der Waals surface area contributed by atoms with Gasteiger partial charge in [-0.3, -0.25) is 14.6 Å². The smallest absolute Gasteiger partial charge is 0.250 e. The van der Waals surface area contributed by atoms with E-state index in [9.17, 15) is 4.79 Å². The van der Waals surface area contributed by atoms with Crippen molar-refractivity contribution in [1.82, 2.24) is 10.5 Å². The fraction of sp³-hybridized carbons (Fsp3) is 0.0476. The van der Waals surface area contributed by atoms with Crippen LogP contribution in [0.15, 0.2) is 85.0 Å². The Kier molecular flexibility index (Phi) is 4.90. The van der Waals surface area contributed by atoms with Crippen LogP contribution in [0.4, 0.5) is 0 Å². The maximum Gasteiger partial charge on any atom is 0.250 e. The minimum atomic E-state index is -0.571. The van der Waals surface area contributed by atoms with Crippen LogP contribution in [-0.4, -0.2) is 10.9 Å². The maximum absolute atomic E-state index is 11.2. The number of rotatable bonds is 6. The van der Waals surface area contributed by atoms with Crippen molar-refractivity contribution in [3.8, 4) is 17.2 Å². The van der Waals surface area contributed by atoms with Gasteiger partial charge in [-0.2, -0.15) is 0 Å².